The Bertz CT molecular complexity index is 415. The number of hydrogen-bond acceptors (Lipinski definition) is 4. The monoisotopic (exact) mass is 293 g/mol. The van der Waals surface area contributed by atoms with Crippen molar-refractivity contribution in [3.05, 3.63) is 0 Å². The molecule has 1 aliphatic heterocycles. The number of aliphatic carboxylic acids is 1. The minimum Gasteiger partial charge on any atom is -0.480 e. The zero-order chi connectivity index (χ0) is 14.3. The highest BCUT2D eigenvalue weighted by Crippen LogP contribution is 2.11. The van der Waals surface area contributed by atoms with Gasteiger partial charge in [-0.25, -0.2) is 0 Å². The van der Waals surface area contributed by atoms with E-state index in [1.165, 1.54) is 4.31 Å². The van der Waals surface area contributed by atoms with Gasteiger partial charge in [0.25, 0.3) is 10.2 Å². The third kappa shape index (κ3) is 5.99. The molecule has 0 saturated carbocycles. The normalized spacial score (nSPS) is 17.7. The Morgan fingerprint density at radius 2 is 1.63 bits per heavy atom. The number of nitrogens with one attached hydrogen (secondary N) is 2. The van der Waals surface area contributed by atoms with Crippen LogP contribution in [-0.2, 0) is 19.8 Å². The summed E-state index contributed by atoms with van der Waals surface area (Å²) in [7, 11) is -3.67. The van der Waals surface area contributed by atoms with Crippen LogP contribution in [-0.4, -0.2) is 55.9 Å². The number of carbonyl (C=O) groups is 2. The Labute approximate surface area is 112 Å². The van der Waals surface area contributed by atoms with E-state index >= 15 is 0 Å². The molecule has 1 aliphatic rings. The quantitative estimate of drug-likeness (QED) is 0.575. The number of carboxylic acids is 1. The van der Waals surface area contributed by atoms with Gasteiger partial charge in [-0.2, -0.15) is 17.4 Å². The van der Waals surface area contributed by atoms with Crippen molar-refractivity contribution in [2.75, 3.05) is 26.2 Å². The Balaban J connectivity index is 2.41. The summed E-state index contributed by atoms with van der Waals surface area (Å²) in [6, 6.07) is 0. The van der Waals surface area contributed by atoms with E-state index in [0.717, 1.165) is 25.7 Å². The predicted octanol–water partition coefficient (Wildman–Crippen LogP) is -1.10. The average molecular weight is 293 g/mol. The lowest BCUT2D eigenvalue weighted by atomic mass is 10.2. The summed E-state index contributed by atoms with van der Waals surface area (Å²) < 4.78 is 27.3. The van der Waals surface area contributed by atoms with E-state index < -0.39 is 35.2 Å². The maximum Gasteiger partial charge on any atom is 0.322 e. The molecule has 19 heavy (non-hydrogen) atoms. The summed E-state index contributed by atoms with van der Waals surface area (Å²) in [6.07, 6.45) is 3.63. The fourth-order valence-electron chi connectivity index (χ4n) is 1.77. The van der Waals surface area contributed by atoms with Crippen LogP contribution in [0.15, 0.2) is 0 Å². The van der Waals surface area contributed by atoms with Crippen molar-refractivity contribution in [2.24, 2.45) is 0 Å². The number of nitrogens with zero attached hydrogens (tertiary/aromatic N) is 1. The van der Waals surface area contributed by atoms with Crippen LogP contribution in [0, 0.1) is 0 Å². The van der Waals surface area contributed by atoms with E-state index in [-0.39, 0.29) is 0 Å². The number of amides is 1. The molecule has 3 N–H and O–H groups in total. The molecule has 0 aromatic rings. The molecule has 0 aromatic heterocycles. The molecule has 1 rings (SSSR count). The van der Waals surface area contributed by atoms with Gasteiger partial charge in [0.15, 0.2) is 0 Å². The molecule has 0 atom stereocenters. The molecular weight excluding hydrogens is 274 g/mol. The third-order valence-corrected chi connectivity index (χ3v) is 4.31. The van der Waals surface area contributed by atoms with Gasteiger partial charge in [0.05, 0.1) is 6.54 Å². The molecule has 0 bridgehead atoms. The second-order valence-electron chi connectivity index (χ2n) is 4.31. The summed E-state index contributed by atoms with van der Waals surface area (Å²) in [5, 5.41) is 10.4. The summed E-state index contributed by atoms with van der Waals surface area (Å²) in [5.74, 6) is -1.84. The van der Waals surface area contributed by atoms with Gasteiger partial charge >= 0.3 is 5.97 Å². The Kier molecular flexibility index (Phi) is 6.19. The maximum atomic E-state index is 11.9. The highest BCUT2D eigenvalue weighted by Gasteiger charge is 2.23. The van der Waals surface area contributed by atoms with Crippen LogP contribution in [0.3, 0.4) is 0 Å². The summed E-state index contributed by atoms with van der Waals surface area (Å²) in [6.45, 7) is -0.0749. The van der Waals surface area contributed by atoms with Crippen molar-refractivity contribution in [3.8, 4) is 0 Å². The van der Waals surface area contributed by atoms with Crippen molar-refractivity contribution in [2.45, 2.75) is 25.7 Å². The smallest absolute Gasteiger partial charge is 0.322 e. The van der Waals surface area contributed by atoms with Gasteiger partial charge in [-0.1, -0.05) is 12.8 Å². The van der Waals surface area contributed by atoms with E-state index in [0.29, 0.717) is 13.1 Å². The SMILES string of the molecule is O=C(O)CNC(=O)CNS(=O)(=O)N1CCCCCC1. The highest BCUT2D eigenvalue weighted by molar-refractivity contribution is 7.87. The van der Waals surface area contributed by atoms with Crippen molar-refractivity contribution < 1.29 is 23.1 Å². The summed E-state index contributed by atoms with van der Waals surface area (Å²) in [5.41, 5.74) is 0. The number of carboxylic acid groups (broad SMARTS) is 1. The molecule has 1 amide bonds. The first-order valence-electron chi connectivity index (χ1n) is 6.15. The van der Waals surface area contributed by atoms with E-state index in [2.05, 4.69) is 10.0 Å². The fraction of sp³-hybridized carbons (Fsp3) is 0.800. The standard InChI is InChI=1S/C10H19N3O5S/c14-9(11-8-10(15)16)7-12-19(17,18)13-5-3-1-2-4-6-13/h12H,1-8H2,(H,11,14)(H,15,16). The van der Waals surface area contributed by atoms with Crippen LogP contribution in [0.4, 0.5) is 0 Å². The number of carbonyl (C=O) groups excluding carboxylic acids is 1. The molecule has 1 heterocycles. The molecule has 1 fully saturated rings. The average Bonchev–Trinajstić information content (AvgIpc) is 2.63. The fourth-order valence-corrected chi connectivity index (χ4v) is 3.00. The van der Waals surface area contributed by atoms with Crippen molar-refractivity contribution in [3.63, 3.8) is 0 Å². The first kappa shape index (κ1) is 15.9. The zero-order valence-corrected chi connectivity index (χ0v) is 11.4. The van der Waals surface area contributed by atoms with Crippen molar-refractivity contribution in [1.82, 2.24) is 14.3 Å². The molecule has 0 aliphatic carbocycles. The van der Waals surface area contributed by atoms with Crippen molar-refractivity contribution >= 4 is 22.1 Å². The first-order valence-corrected chi connectivity index (χ1v) is 7.59. The minimum absolute atomic E-state index is 0.450. The van der Waals surface area contributed by atoms with Crippen LogP contribution in [0.5, 0.6) is 0 Å². The van der Waals surface area contributed by atoms with E-state index in [9.17, 15) is 18.0 Å². The Morgan fingerprint density at radius 1 is 1.05 bits per heavy atom. The van der Waals surface area contributed by atoms with Crippen LogP contribution in [0.1, 0.15) is 25.7 Å². The molecule has 1 saturated heterocycles. The van der Waals surface area contributed by atoms with E-state index in [1.54, 1.807) is 0 Å². The Hall–Kier alpha value is -1.19. The van der Waals surface area contributed by atoms with Crippen LogP contribution in [0.2, 0.25) is 0 Å². The summed E-state index contributed by atoms with van der Waals surface area (Å²) in [4.78, 5) is 21.5. The zero-order valence-electron chi connectivity index (χ0n) is 10.6. The molecule has 8 nitrogen and oxygen atoms in total. The largest absolute Gasteiger partial charge is 0.480 e. The lowest BCUT2D eigenvalue weighted by molar-refractivity contribution is -0.137. The molecule has 0 spiro atoms. The van der Waals surface area contributed by atoms with Gasteiger partial charge in [0, 0.05) is 13.1 Å². The second kappa shape index (κ2) is 7.41. The maximum absolute atomic E-state index is 11.9. The van der Waals surface area contributed by atoms with Crippen LogP contribution in [0.25, 0.3) is 0 Å². The van der Waals surface area contributed by atoms with Crippen molar-refractivity contribution in [1.29, 1.82) is 0 Å². The lowest BCUT2D eigenvalue weighted by Gasteiger charge is -2.19. The summed E-state index contributed by atoms with van der Waals surface area (Å²) >= 11 is 0. The molecule has 9 heteroatoms. The molecule has 0 aromatic carbocycles. The van der Waals surface area contributed by atoms with E-state index in [1.807, 2.05) is 0 Å². The second-order valence-corrected chi connectivity index (χ2v) is 6.07. The van der Waals surface area contributed by atoms with E-state index in [4.69, 9.17) is 5.11 Å². The number of hydrogen-bond donors (Lipinski definition) is 3. The molecular formula is C10H19N3O5S. The van der Waals surface area contributed by atoms with Gasteiger partial charge in [0.2, 0.25) is 5.91 Å². The van der Waals surface area contributed by atoms with Gasteiger partial charge < -0.3 is 10.4 Å². The molecule has 0 radical (unpaired) electrons. The van der Waals surface area contributed by atoms with Gasteiger partial charge in [0.1, 0.15) is 6.54 Å². The molecule has 110 valence electrons. The van der Waals surface area contributed by atoms with Crippen LogP contribution >= 0.6 is 0 Å². The third-order valence-electron chi connectivity index (χ3n) is 2.76. The molecule has 0 unspecified atom stereocenters. The van der Waals surface area contributed by atoms with Gasteiger partial charge in [-0.3, -0.25) is 9.59 Å². The first-order chi connectivity index (χ1) is 8.92. The lowest BCUT2D eigenvalue weighted by Crippen LogP contribution is -2.45. The number of rotatable bonds is 6. The highest BCUT2D eigenvalue weighted by atomic mass is 32.2. The van der Waals surface area contributed by atoms with Gasteiger partial charge in [-0.05, 0) is 12.8 Å². The van der Waals surface area contributed by atoms with Gasteiger partial charge in [-0.15, -0.1) is 0 Å². The predicted molar refractivity (Wildman–Crippen MR) is 67.6 cm³/mol. The topological polar surface area (TPSA) is 116 Å². The minimum atomic E-state index is -3.67. The van der Waals surface area contributed by atoms with Crippen LogP contribution < -0.4 is 10.0 Å². The Morgan fingerprint density at radius 3 is 2.16 bits per heavy atom.